The summed E-state index contributed by atoms with van der Waals surface area (Å²) in [6, 6.07) is 8.52. The van der Waals surface area contributed by atoms with Gasteiger partial charge in [-0.2, -0.15) is 0 Å². The maximum absolute atomic E-state index is 9.58. The molecule has 2 aliphatic rings. The molecule has 1 aromatic heterocycles. The van der Waals surface area contributed by atoms with Gasteiger partial charge in [-0.25, -0.2) is 9.97 Å². The molecule has 0 spiro atoms. The Morgan fingerprint density at radius 3 is 2.86 bits per heavy atom. The number of anilines is 3. The fourth-order valence-corrected chi connectivity index (χ4v) is 4.25. The zero-order chi connectivity index (χ0) is 19.3. The Labute approximate surface area is 173 Å². The number of halogens is 1. The van der Waals surface area contributed by atoms with Gasteiger partial charge in [0.1, 0.15) is 18.0 Å². The summed E-state index contributed by atoms with van der Waals surface area (Å²) < 4.78 is 6.57. The predicted molar refractivity (Wildman–Crippen MR) is 114 cm³/mol. The van der Waals surface area contributed by atoms with Gasteiger partial charge in [0.15, 0.2) is 0 Å². The van der Waals surface area contributed by atoms with E-state index in [0.29, 0.717) is 6.54 Å². The van der Waals surface area contributed by atoms with Gasteiger partial charge in [0.05, 0.1) is 25.9 Å². The average Bonchev–Trinajstić information content (AvgIpc) is 3.23. The number of aliphatic hydroxyl groups excluding tert-OH is 1. The summed E-state index contributed by atoms with van der Waals surface area (Å²) in [5, 5.41) is 13.0. The molecule has 3 heterocycles. The van der Waals surface area contributed by atoms with Gasteiger partial charge in [0.25, 0.3) is 0 Å². The van der Waals surface area contributed by atoms with Crippen LogP contribution in [0.4, 0.5) is 17.3 Å². The van der Waals surface area contributed by atoms with E-state index in [2.05, 4.69) is 59.2 Å². The van der Waals surface area contributed by atoms with Gasteiger partial charge in [0.2, 0.25) is 0 Å². The maximum atomic E-state index is 9.58. The van der Waals surface area contributed by atoms with Crippen molar-refractivity contribution in [3.05, 3.63) is 40.6 Å². The molecule has 150 valence electrons. The van der Waals surface area contributed by atoms with Crippen LogP contribution in [0.1, 0.15) is 18.4 Å². The Bertz CT molecular complexity index is 800. The van der Waals surface area contributed by atoms with Crippen LogP contribution in [0.3, 0.4) is 0 Å². The first kappa shape index (κ1) is 19.4. The van der Waals surface area contributed by atoms with Gasteiger partial charge in [-0.3, -0.25) is 0 Å². The van der Waals surface area contributed by atoms with Crippen LogP contribution >= 0.6 is 15.9 Å². The summed E-state index contributed by atoms with van der Waals surface area (Å²) in [7, 11) is 0. The second-order valence-electron chi connectivity index (χ2n) is 7.16. The molecule has 0 aliphatic carbocycles. The van der Waals surface area contributed by atoms with Crippen molar-refractivity contribution in [3.63, 3.8) is 0 Å². The lowest BCUT2D eigenvalue weighted by Crippen LogP contribution is -2.37. The number of aliphatic hydroxyl groups is 1. The molecule has 1 aromatic carbocycles. The van der Waals surface area contributed by atoms with Crippen molar-refractivity contribution in [1.82, 2.24) is 9.97 Å². The quantitative estimate of drug-likeness (QED) is 0.704. The van der Waals surface area contributed by atoms with Crippen molar-refractivity contribution >= 4 is 33.3 Å². The van der Waals surface area contributed by atoms with E-state index in [9.17, 15) is 5.11 Å². The lowest BCUT2D eigenvalue weighted by Gasteiger charge is -2.31. The standard InChI is InChI=1S/C20H26BrN5O2/c21-16-4-3-15(18(10-16)25-6-8-28-9-7-25)12-22-19-11-20(24-14-23-19)26-5-1-2-17(26)13-27/h3-4,10-11,14,17,27H,1-2,5-9,12-13H2,(H,22,23,24). The molecule has 0 saturated carbocycles. The molecule has 2 aliphatic heterocycles. The second-order valence-corrected chi connectivity index (χ2v) is 8.08. The number of morpholine rings is 1. The number of nitrogens with zero attached hydrogens (tertiary/aromatic N) is 4. The summed E-state index contributed by atoms with van der Waals surface area (Å²) in [5.74, 6) is 1.67. The highest BCUT2D eigenvalue weighted by molar-refractivity contribution is 9.10. The molecular weight excluding hydrogens is 422 g/mol. The zero-order valence-electron chi connectivity index (χ0n) is 15.9. The number of nitrogens with one attached hydrogen (secondary N) is 1. The maximum Gasteiger partial charge on any atom is 0.134 e. The van der Waals surface area contributed by atoms with Crippen molar-refractivity contribution in [1.29, 1.82) is 0 Å². The van der Waals surface area contributed by atoms with Gasteiger partial charge >= 0.3 is 0 Å². The van der Waals surface area contributed by atoms with E-state index in [1.807, 2.05) is 6.07 Å². The highest BCUT2D eigenvalue weighted by Gasteiger charge is 2.25. The lowest BCUT2D eigenvalue weighted by molar-refractivity contribution is 0.122. The van der Waals surface area contributed by atoms with Crippen LogP contribution in [0.5, 0.6) is 0 Å². The monoisotopic (exact) mass is 447 g/mol. The Balaban J connectivity index is 1.48. The van der Waals surface area contributed by atoms with E-state index in [1.54, 1.807) is 6.33 Å². The molecule has 0 amide bonds. The van der Waals surface area contributed by atoms with Gasteiger partial charge < -0.3 is 25.0 Å². The molecular formula is C20H26BrN5O2. The third-order valence-corrected chi connectivity index (χ3v) is 5.89. The van der Waals surface area contributed by atoms with Crippen LogP contribution in [-0.4, -0.2) is 60.6 Å². The summed E-state index contributed by atoms with van der Waals surface area (Å²) in [4.78, 5) is 13.3. The Hall–Kier alpha value is -1.90. The molecule has 1 atom stereocenters. The topological polar surface area (TPSA) is 73.8 Å². The molecule has 2 fully saturated rings. The minimum Gasteiger partial charge on any atom is -0.394 e. The fraction of sp³-hybridized carbons (Fsp3) is 0.500. The van der Waals surface area contributed by atoms with E-state index >= 15 is 0 Å². The van der Waals surface area contributed by atoms with Crippen molar-refractivity contribution in [2.24, 2.45) is 0 Å². The van der Waals surface area contributed by atoms with Crippen LogP contribution in [0.25, 0.3) is 0 Å². The first-order valence-corrected chi connectivity index (χ1v) is 10.6. The average molecular weight is 448 g/mol. The minimum absolute atomic E-state index is 0.155. The zero-order valence-corrected chi connectivity index (χ0v) is 17.4. The number of aromatic nitrogens is 2. The first-order valence-electron chi connectivity index (χ1n) is 9.79. The molecule has 2 aromatic rings. The minimum atomic E-state index is 0.155. The van der Waals surface area contributed by atoms with Crippen LogP contribution in [-0.2, 0) is 11.3 Å². The van der Waals surface area contributed by atoms with Crippen molar-refractivity contribution in [2.45, 2.75) is 25.4 Å². The molecule has 8 heteroatoms. The first-order chi connectivity index (χ1) is 13.7. The molecule has 28 heavy (non-hydrogen) atoms. The Morgan fingerprint density at radius 1 is 1.18 bits per heavy atom. The van der Waals surface area contributed by atoms with E-state index in [0.717, 1.165) is 61.8 Å². The summed E-state index contributed by atoms with van der Waals surface area (Å²) in [6.07, 6.45) is 3.68. The van der Waals surface area contributed by atoms with E-state index in [4.69, 9.17) is 4.74 Å². The smallest absolute Gasteiger partial charge is 0.134 e. The highest BCUT2D eigenvalue weighted by atomic mass is 79.9. The third-order valence-electron chi connectivity index (χ3n) is 5.39. The van der Waals surface area contributed by atoms with Crippen molar-refractivity contribution in [2.75, 3.05) is 54.6 Å². The molecule has 2 saturated heterocycles. The van der Waals surface area contributed by atoms with Crippen LogP contribution in [0.15, 0.2) is 35.1 Å². The van der Waals surface area contributed by atoms with Crippen LogP contribution in [0, 0.1) is 0 Å². The molecule has 0 radical (unpaired) electrons. The van der Waals surface area contributed by atoms with Gasteiger partial charge in [-0.1, -0.05) is 22.0 Å². The van der Waals surface area contributed by atoms with Gasteiger partial charge in [-0.05, 0) is 30.5 Å². The molecule has 0 bridgehead atoms. The second kappa shape index (κ2) is 9.07. The van der Waals surface area contributed by atoms with E-state index < -0.39 is 0 Å². The highest BCUT2D eigenvalue weighted by Crippen LogP contribution is 2.28. The third kappa shape index (κ3) is 4.39. The number of ether oxygens (including phenoxy) is 1. The molecule has 7 nitrogen and oxygen atoms in total. The molecule has 1 unspecified atom stereocenters. The summed E-state index contributed by atoms with van der Waals surface area (Å²) >= 11 is 3.59. The SMILES string of the molecule is OCC1CCCN1c1cc(NCc2ccc(Br)cc2N2CCOCC2)ncn1. The Morgan fingerprint density at radius 2 is 2.04 bits per heavy atom. The molecule has 4 rings (SSSR count). The number of rotatable bonds is 6. The van der Waals surface area contributed by atoms with Gasteiger partial charge in [0, 0.05) is 42.4 Å². The number of benzene rings is 1. The lowest BCUT2D eigenvalue weighted by atomic mass is 10.1. The van der Waals surface area contributed by atoms with Crippen LogP contribution < -0.4 is 15.1 Å². The van der Waals surface area contributed by atoms with Crippen molar-refractivity contribution < 1.29 is 9.84 Å². The van der Waals surface area contributed by atoms with Gasteiger partial charge in [-0.15, -0.1) is 0 Å². The van der Waals surface area contributed by atoms with E-state index in [-0.39, 0.29) is 12.6 Å². The van der Waals surface area contributed by atoms with Crippen LogP contribution in [0.2, 0.25) is 0 Å². The largest absolute Gasteiger partial charge is 0.394 e. The van der Waals surface area contributed by atoms with E-state index in [1.165, 1.54) is 11.3 Å². The normalized spacial score (nSPS) is 19.9. The summed E-state index contributed by atoms with van der Waals surface area (Å²) in [6.45, 7) is 5.09. The number of hydrogen-bond acceptors (Lipinski definition) is 7. The molecule has 2 N–H and O–H groups in total. The predicted octanol–water partition coefficient (Wildman–Crippen LogP) is 2.65. The summed E-state index contributed by atoms with van der Waals surface area (Å²) in [5.41, 5.74) is 2.44. The fourth-order valence-electron chi connectivity index (χ4n) is 3.90. The Kier molecular flexibility index (Phi) is 6.29. The number of hydrogen-bond donors (Lipinski definition) is 2. The van der Waals surface area contributed by atoms with Crippen molar-refractivity contribution in [3.8, 4) is 0 Å².